The highest BCUT2D eigenvalue weighted by Gasteiger charge is 2.25. The third-order valence-electron chi connectivity index (χ3n) is 8.16. The van der Waals surface area contributed by atoms with E-state index in [1.54, 1.807) is 7.05 Å². The number of hydrogen-bond donors (Lipinski definition) is 0. The van der Waals surface area contributed by atoms with Crippen LogP contribution in [-0.4, -0.2) is 52.7 Å². The zero-order chi connectivity index (χ0) is 37.7. The van der Waals surface area contributed by atoms with Gasteiger partial charge >= 0.3 is 5.91 Å². The van der Waals surface area contributed by atoms with E-state index in [0.29, 0.717) is 11.1 Å². The number of halogens is 1. The molecule has 272 valence electrons. The van der Waals surface area contributed by atoms with Crippen LogP contribution in [0.3, 0.4) is 0 Å². The molecule has 0 saturated heterocycles. The third-order valence-corrected chi connectivity index (χ3v) is 8.33. The molecule has 0 aliphatic heterocycles. The summed E-state index contributed by atoms with van der Waals surface area (Å²) in [4.78, 5) is 52.5. The number of nitrogens with zero attached hydrogens (tertiary/aromatic N) is 3. The van der Waals surface area contributed by atoms with Crippen molar-refractivity contribution in [3.05, 3.63) is 68.8 Å². The van der Waals surface area contributed by atoms with Crippen LogP contribution in [0.1, 0.15) is 156 Å². The Morgan fingerprint density at radius 3 is 1.27 bits per heavy atom. The average molecular weight is 696 g/mol. The van der Waals surface area contributed by atoms with Gasteiger partial charge in [0, 0.05) is 36.1 Å². The lowest BCUT2D eigenvalue weighted by Gasteiger charge is -2.17. The summed E-state index contributed by atoms with van der Waals surface area (Å²) < 4.78 is 0. The maximum Gasteiger partial charge on any atom is 0.314 e. The van der Waals surface area contributed by atoms with Gasteiger partial charge < -0.3 is 0 Å². The van der Waals surface area contributed by atoms with Gasteiger partial charge in [-0.05, 0) is 117 Å². The molecular weight excluding hydrogens is 634 g/mol. The fraction of sp³-hybridized carbons (Fsp3) is 0.561. The van der Waals surface area contributed by atoms with Crippen LogP contribution >= 0.6 is 11.6 Å². The Balaban J connectivity index is 0.000000798. The lowest BCUT2D eigenvalue weighted by Crippen LogP contribution is -2.31. The van der Waals surface area contributed by atoms with Crippen LogP contribution in [0.4, 0.5) is 0 Å². The van der Waals surface area contributed by atoms with E-state index >= 15 is 0 Å². The summed E-state index contributed by atoms with van der Waals surface area (Å²) >= 11 is 5.31. The minimum atomic E-state index is -0.904. The van der Waals surface area contributed by atoms with Crippen molar-refractivity contribution >= 4 is 45.7 Å². The summed E-state index contributed by atoms with van der Waals surface area (Å²) in [6, 6.07) is 8.08. The van der Waals surface area contributed by atoms with Gasteiger partial charge in [0.05, 0.1) is 0 Å². The Kier molecular flexibility index (Phi) is 22.9. The number of hydrogen-bond acceptors (Lipinski definition) is 6. The van der Waals surface area contributed by atoms with Gasteiger partial charge in [-0.25, -0.2) is 5.01 Å². The van der Waals surface area contributed by atoms with Gasteiger partial charge in [0.15, 0.2) is 0 Å². The van der Waals surface area contributed by atoms with Crippen molar-refractivity contribution in [2.75, 3.05) is 13.6 Å². The van der Waals surface area contributed by atoms with E-state index in [-0.39, 0.29) is 0 Å². The molecule has 8 heteroatoms. The van der Waals surface area contributed by atoms with Crippen LogP contribution in [0.15, 0.2) is 34.4 Å². The first-order valence-electron chi connectivity index (χ1n) is 18.1. The lowest BCUT2D eigenvalue weighted by atomic mass is 9.91. The lowest BCUT2D eigenvalue weighted by molar-refractivity contribution is -0.125. The number of rotatable bonds is 16. The SMILES string of the molecule is CCCC(C)=NCC.CCCC(C)=NN(C)C(=O)C(=O)c1c(CC)cc(CC)cc1CC.CCc1cc(CC)c(C(=O)C(=O)Cl)c(CC)c1. The van der Waals surface area contributed by atoms with Crippen molar-refractivity contribution in [3.63, 3.8) is 0 Å². The molecule has 0 atom stereocenters. The second-order valence-electron chi connectivity index (χ2n) is 12.0. The highest BCUT2D eigenvalue weighted by Crippen LogP contribution is 2.23. The topological polar surface area (TPSA) is 96.2 Å². The maximum atomic E-state index is 12.8. The van der Waals surface area contributed by atoms with Crippen molar-refractivity contribution in [2.24, 2.45) is 10.1 Å². The summed E-state index contributed by atoms with van der Waals surface area (Å²) in [6.45, 7) is 23.4. The zero-order valence-corrected chi connectivity index (χ0v) is 33.2. The minimum absolute atomic E-state index is 0.457. The van der Waals surface area contributed by atoms with Crippen molar-refractivity contribution in [1.82, 2.24) is 5.01 Å². The molecule has 0 N–H and O–H groups in total. The van der Waals surface area contributed by atoms with Crippen LogP contribution in [-0.2, 0) is 48.1 Å². The monoisotopic (exact) mass is 695 g/mol. The molecule has 0 bridgehead atoms. The Morgan fingerprint density at radius 1 is 0.592 bits per heavy atom. The Morgan fingerprint density at radius 2 is 0.959 bits per heavy atom. The van der Waals surface area contributed by atoms with Crippen LogP contribution in [0.2, 0.25) is 0 Å². The Hall–Kier alpha value is -3.45. The minimum Gasteiger partial charge on any atom is -0.295 e. The first-order chi connectivity index (χ1) is 23.2. The number of amides is 1. The number of benzene rings is 2. The summed E-state index contributed by atoms with van der Waals surface area (Å²) in [5.41, 5.74) is 9.35. The largest absolute Gasteiger partial charge is 0.314 e. The van der Waals surface area contributed by atoms with Gasteiger partial charge in [-0.2, -0.15) is 5.10 Å². The van der Waals surface area contributed by atoms with Gasteiger partial charge in [-0.15, -0.1) is 0 Å². The highest BCUT2D eigenvalue weighted by atomic mass is 35.5. The van der Waals surface area contributed by atoms with E-state index in [0.717, 1.165) is 92.3 Å². The Labute approximate surface area is 302 Å². The standard InChI is InChI=1S/C20H30N2O2.C14H17ClO2.C7H15N/c1-7-11-14(5)21-22(6)20(24)19(23)18-16(9-3)12-15(8-2)13-17(18)10-4;1-4-9-7-10(5-2)12(11(6-3)8-9)13(16)14(15)17;1-4-6-7(3)8-5-2/h12-13H,7-11H2,1-6H3;7-8H,4-6H2,1-3H3;4-6H2,1-3H3. The van der Waals surface area contributed by atoms with Gasteiger partial charge in [-0.1, -0.05) is 92.5 Å². The number of ketones is 2. The molecule has 7 nitrogen and oxygen atoms in total. The molecule has 0 fully saturated rings. The van der Waals surface area contributed by atoms with Crippen LogP contribution in [0, 0.1) is 0 Å². The van der Waals surface area contributed by atoms with Gasteiger partial charge in [0.25, 0.3) is 11.0 Å². The molecule has 49 heavy (non-hydrogen) atoms. The molecule has 1 amide bonds. The van der Waals surface area contributed by atoms with E-state index in [1.165, 1.54) is 28.3 Å². The van der Waals surface area contributed by atoms with Crippen LogP contribution < -0.4 is 0 Å². The quantitative estimate of drug-likeness (QED) is 0.0574. The van der Waals surface area contributed by atoms with Gasteiger partial charge in [-0.3, -0.25) is 24.2 Å². The first kappa shape index (κ1) is 45.6. The predicted molar refractivity (Wildman–Crippen MR) is 208 cm³/mol. The van der Waals surface area contributed by atoms with Gasteiger partial charge in [0.2, 0.25) is 5.78 Å². The number of aryl methyl sites for hydroxylation is 6. The van der Waals surface area contributed by atoms with E-state index in [4.69, 9.17) is 11.6 Å². The van der Waals surface area contributed by atoms with Gasteiger partial charge in [0.1, 0.15) is 0 Å². The fourth-order valence-electron chi connectivity index (χ4n) is 5.56. The van der Waals surface area contributed by atoms with Crippen LogP contribution in [0.25, 0.3) is 0 Å². The summed E-state index contributed by atoms with van der Waals surface area (Å²) in [5, 5.41) is 4.51. The van der Waals surface area contributed by atoms with Crippen molar-refractivity contribution < 1.29 is 19.2 Å². The summed E-state index contributed by atoms with van der Waals surface area (Å²) in [6.07, 6.45) is 8.92. The summed E-state index contributed by atoms with van der Waals surface area (Å²) in [7, 11) is 1.55. The zero-order valence-electron chi connectivity index (χ0n) is 32.4. The molecule has 2 aromatic carbocycles. The van der Waals surface area contributed by atoms with E-state index < -0.39 is 22.7 Å². The molecule has 0 spiro atoms. The molecule has 0 saturated carbocycles. The highest BCUT2D eigenvalue weighted by molar-refractivity contribution is 6.83. The molecule has 0 unspecified atom stereocenters. The molecule has 2 aromatic rings. The Bertz CT molecular complexity index is 1410. The molecule has 0 aliphatic rings. The number of carbonyl (C=O) groups excluding carboxylic acids is 4. The number of hydrazone groups is 1. The third kappa shape index (κ3) is 14.9. The number of Topliss-reactive ketones (excluding diaryl/α,β-unsaturated/α-hetero) is 2. The second-order valence-corrected chi connectivity index (χ2v) is 12.3. The number of likely N-dealkylation sites (N-methyl/N-ethyl adjacent to an activating group) is 1. The maximum absolute atomic E-state index is 12.8. The number of carbonyl (C=O) groups is 4. The van der Waals surface area contributed by atoms with Crippen molar-refractivity contribution in [2.45, 2.75) is 140 Å². The van der Waals surface area contributed by atoms with Crippen molar-refractivity contribution in [1.29, 1.82) is 0 Å². The fourth-order valence-corrected chi connectivity index (χ4v) is 5.66. The molecule has 0 heterocycles. The normalized spacial score (nSPS) is 11.2. The molecule has 2 rings (SSSR count). The first-order valence-corrected chi connectivity index (χ1v) is 18.5. The van der Waals surface area contributed by atoms with E-state index in [9.17, 15) is 19.2 Å². The summed E-state index contributed by atoms with van der Waals surface area (Å²) in [5.74, 6) is -1.61. The van der Waals surface area contributed by atoms with E-state index in [2.05, 4.69) is 51.6 Å². The smallest absolute Gasteiger partial charge is 0.295 e. The predicted octanol–water partition coefficient (Wildman–Crippen LogP) is 9.78. The second kappa shape index (κ2) is 24.6. The molecule has 0 aliphatic carbocycles. The number of aliphatic imine (C=N–C) groups is 1. The molecule has 0 aromatic heterocycles. The molecular formula is C41H62ClN3O4. The molecule has 0 radical (unpaired) electrons. The van der Waals surface area contributed by atoms with E-state index in [1.807, 2.05) is 58.9 Å². The van der Waals surface area contributed by atoms with Crippen molar-refractivity contribution in [3.8, 4) is 0 Å². The average Bonchev–Trinajstić information content (AvgIpc) is 3.09. The van der Waals surface area contributed by atoms with Crippen LogP contribution in [0.5, 0.6) is 0 Å².